The van der Waals surface area contributed by atoms with Gasteiger partial charge in [0.1, 0.15) is 17.7 Å². The van der Waals surface area contributed by atoms with E-state index in [-0.39, 0.29) is 24.7 Å². The van der Waals surface area contributed by atoms with Crippen LogP contribution in [0.15, 0.2) is 64.1 Å². The standard InChI is InChI=1S/C21H18ClFN4O3/c1-26-11-9-24-20(26)19(13-2-5-15(23)6-3-13)25-18(28)8-10-27-16-7-4-14(22)12-17(16)30-21(27)29/h2-7,9,11-12,19H,8,10H2,1H3,(H,25,28). The maximum atomic E-state index is 13.3. The van der Waals surface area contributed by atoms with E-state index in [0.717, 1.165) is 0 Å². The average molecular weight is 429 g/mol. The van der Waals surface area contributed by atoms with Crippen molar-refractivity contribution in [1.82, 2.24) is 19.4 Å². The Balaban J connectivity index is 1.54. The van der Waals surface area contributed by atoms with E-state index in [1.807, 2.05) is 7.05 Å². The molecule has 2 heterocycles. The second kappa shape index (κ2) is 8.16. The number of amides is 1. The van der Waals surface area contributed by atoms with E-state index in [2.05, 4.69) is 10.3 Å². The summed E-state index contributed by atoms with van der Waals surface area (Å²) >= 11 is 5.93. The van der Waals surface area contributed by atoms with E-state index < -0.39 is 11.8 Å². The molecular formula is C21H18ClFN4O3. The lowest BCUT2D eigenvalue weighted by molar-refractivity contribution is -0.121. The van der Waals surface area contributed by atoms with E-state index in [9.17, 15) is 14.0 Å². The van der Waals surface area contributed by atoms with Gasteiger partial charge in [-0.3, -0.25) is 9.36 Å². The van der Waals surface area contributed by atoms with Crippen molar-refractivity contribution in [3.63, 3.8) is 0 Å². The van der Waals surface area contributed by atoms with Crippen LogP contribution in [0.25, 0.3) is 11.1 Å². The Morgan fingerprint density at radius 3 is 2.73 bits per heavy atom. The van der Waals surface area contributed by atoms with E-state index >= 15 is 0 Å². The summed E-state index contributed by atoms with van der Waals surface area (Å²) in [5.41, 5.74) is 1.63. The molecule has 0 aliphatic carbocycles. The predicted molar refractivity (Wildman–Crippen MR) is 110 cm³/mol. The van der Waals surface area contributed by atoms with Gasteiger partial charge in [0, 0.05) is 43.5 Å². The number of hydrogen-bond acceptors (Lipinski definition) is 4. The fraction of sp³-hybridized carbons (Fsp3) is 0.190. The number of carbonyl (C=O) groups excluding carboxylic acids is 1. The van der Waals surface area contributed by atoms with Gasteiger partial charge in [0.2, 0.25) is 5.91 Å². The number of rotatable bonds is 6. The molecular weight excluding hydrogens is 411 g/mol. The first kappa shape index (κ1) is 19.9. The van der Waals surface area contributed by atoms with Crippen LogP contribution in [0.3, 0.4) is 0 Å². The molecule has 0 saturated carbocycles. The zero-order chi connectivity index (χ0) is 21.3. The molecule has 2 aromatic heterocycles. The molecule has 0 saturated heterocycles. The normalized spacial score (nSPS) is 12.2. The summed E-state index contributed by atoms with van der Waals surface area (Å²) in [5.74, 6) is -0.604. The number of halogens is 2. The minimum Gasteiger partial charge on any atom is -0.408 e. The van der Waals surface area contributed by atoms with Crippen LogP contribution in [0.5, 0.6) is 0 Å². The minimum atomic E-state index is -0.560. The Morgan fingerprint density at radius 2 is 2.03 bits per heavy atom. The maximum Gasteiger partial charge on any atom is 0.419 e. The molecule has 0 fully saturated rings. The van der Waals surface area contributed by atoms with Crippen LogP contribution in [0, 0.1) is 5.82 Å². The van der Waals surface area contributed by atoms with Crippen LogP contribution < -0.4 is 11.1 Å². The molecule has 1 amide bonds. The third kappa shape index (κ3) is 3.99. The molecule has 0 aliphatic heterocycles. The monoisotopic (exact) mass is 428 g/mol. The Kier molecular flexibility index (Phi) is 5.41. The number of oxazole rings is 1. The highest BCUT2D eigenvalue weighted by Gasteiger charge is 2.21. The number of benzene rings is 2. The molecule has 30 heavy (non-hydrogen) atoms. The van der Waals surface area contributed by atoms with E-state index in [4.69, 9.17) is 16.0 Å². The van der Waals surface area contributed by atoms with Gasteiger partial charge in [0.15, 0.2) is 5.58 Å². The molecule has 1 unspecified atom stereocenters. The largest absolute Gasteiger partial charge is 0.419 e. The number of imidazole rings is 1. The first-order valence-electron chi connectivity index (χ1n) is 9.23. The SMILES string of the molecule is Cn1ccnc1C(NC(=O)CCn1c(=O)oc2cc(Cl)ccc21)c1ccc(F)cc1. The Labute approximate surface area is 175 Å². The molecule has 0 aliphatic rings. The number of aryl methyl sites for hydroxylation is 2. The van der Waals surface area contributed by atoms with Gasteiger partial charge >= 0.3 is 5.76 Å². The molecule has 4 aromatic rings. The average Bonchev–Trinajstić information content (AvgIpc) is 3.27. The zero-order valence-corrected chi connectivity index (χ0v) is 16.8. The predicted octanol–water partition coefficient (Wildman–Crippen LogP) is 3.42. The summed E-state index contributed by atoms with van der Waals surface area (Å²) < 4.78 is 21.7. The zero-order valence-electron chi connectivity index (χ0n) is 16.0. The van der Waals surface area contributed by atoms with E-state index in [0.29, 0.717) is 27.5 Å². The van der Waals surface area contributed by atoms with Crippen molar-refractivity contribution in [2.75, 3.05) is 0 Å². The van der Waals surface area contributed by atoms with Gasteiger partial charge in [-0.1, -0.05) is 23.7 Å². The van der Waals surface area contributed by atoms with Crippen molar-refractivity contribution < 1.29 is 13.6 Å². The summed E-state index contributed by atoms with van der Waals surface area (Å²) in [6.45, 7) is 0.135. The highest BCUT2D eigenvalue weighted by atomic mass is 35.5. The van der Waals surface area contributed by atoms with Gasteiger partial charge < -0.3 is 14.3 Å². The van der Waals surface area contributed by atoms with Crippen LogP contribution in [-0.2, 0) is 18.4 Å². The highest BCUT2D eigenvalue weighted by molar-refractivity contribution is 6.31. The summed E-state index contributed by atoms with van der Waals surface area (Å²) in [7, 11) is 1.81. The third-order valence-electron chi connectivity index (χ3n) is 4.82. The van der Waals surface area contributed by atoms with Crippen LogP contribution in [-0.4, -0.2) is 20.0 Å². The van der Waals surface area contributed by atoms with Crippen LogP contribution in [0.4, 0.5) is 4.39 Å². The lowest BCUT2D eigenvalue weighted by Crippen LogP contribution is -2.32. The van der Waals surface area contributed by atoms with Gasteiger partial charge in [0.05, 0.1) is 5.52 Å². The van der Waals surface area contributed by atoms with E-state index in [1.54, 1.807) is 47.3 Å². The van der Waals surface area contributed by atoms with Crippen molar-refractivity contribution in [3.05, 3.63) is 87.6 Å². The van der Waals surface area contributed by atoms with Crippen LogP contribution in [0.2, 0.25) is 5.02 Å². The number of aromatic nitrogens is 3. The lowest BCUT2D eigenvalue weighted by Gasteiger charge is -2.19. The summed E-state index contributed by atoms with van der Waals surface area (Å²) in [4.78, 5) is 29.2. The molecule has 9 heteroatoms. The van der Waals surface area contributed by atoms with Crippen molar-refractivity contribution >= 4 is 28.6 Å². The Hall–Kier alpha value is -3.39. The van der Waals surface area contributed by atoms with Gasteiger partial charge in [0.25, 0.3) is 0 Å². The first-order valence-corrected chi connectivity index (χ1v) is 9.61. The lowest BCUT2D eigenvalue weighted by atomic mass is 10.1. The third-order valence-corrected chi connectivity index (χ3v) is 5.05. The van der Waals surface area contributed by atoms with Crippen molar-refractivity contribution in [1.29, 1.82) is 0 Å². The molecule has 0 bridgehead atoms. The Bertz CT molecular complexity index is 1260. The molecule has 0 radical (unpaired) electrons. The van der Waals surface area contributed by atoms with Crippen molar-refractivity contribution in [2.24, 2.45) is 7.05 Å². The molecule has 2 aromatic carbocycles. The summed E-state index contributed by atoms with van der Waals surface area (Å²) in [6, 6.07) is 10.2. The summed E-state index contributed by atoms with van der Waals surface area (Å²) in [5, 5.41) is 3.38. The Morgan fingerprint density at radius 1 is 1.27 bits per heavy atom. The molecule has 154 valence electrons. The summed E-state index contributed by atoms with van der Waals surface area (Å²) in [6.07, 6.45) is 3.43. The minimum absolute atomic E-state index is 0.0410. The van der Waals surface area contributed by atoms with Gasteiger partial charge in [-0.25, -0.2) is 14.2 Å². The smallest absolute Gasteiger partial charge is 0.408 e. The highest BCUT2D eigenvalue weighted by Crippen LogP contribution is 2.22. The van der Waals surface area contributed by atoms with Crippen molar-refractivity contribution in [3.8, 4) is 0 Å². The molecule has 4 rings (SSSR count). The fourth-order valence-electron chi connectivity index (χ4n) is 3.31. The number of fused-ring (bicyclic) bond motifs is 1. The quantitative estimate of drug-likeness (QED) is 0.510. The second-order valence-electron chi connectivity index (χ2n) is 6.83. The number of nitrogens with one attached hydrogen (secondary N) is 1. The first-order chi connectivity index (χ1) is 14.4. The van der Waals surface area contributed by atoms with Gasteiger partial charge in [-0.15, -0.1) is 0 Å². The number of nitrogens with zero attached hydrogens (tertiary/aromatic N) is 3. The topological polar surface area (TPSA) is 82.1 Å². The molecule has 1 N–H and O–H groups in total. The second-order valence-corrected chi connectivity index (χ2v) is 7.27. The van der Waals surface area contributed by atoms with Gasteiger partial charge in [-0.05, 0) is 29.8 Å². The number of hydrogen-bond donors (Lipinski definition) is 1. The molecule has 0 spiro atoms. The van der Waals surface area contributed by atoms with Gasteiger partial charge in [-0.2, -0.15) is 0 Å². The number of carbonyl (C=O) groups is 1. The van der Waals surface area contributed by atoms with Crippen LogP contribution in [0.1, 0.15) is 23.9 Å². The van der Waals surface area contributed by atoms with Crippen molar-refractivity contribution in [2.45, 2.75) is 19.0 Å². The molecule has 7 nitrogen and oxygen atoms in total. The molecule has 1 atom stereocenters. The van der Waals surface area contributed by atoms with Crippen LogP contribution >= 0.6 is 11.6 Å². The fourth-order valence-corrected chi connectivity index (χ4v) is 3.47. The maximum absolute atomic E-state index is 13.3. The van der Waals surface area contributed by atoms with E-state index in [1.165, 1.54) is 16.7 Å².